The number of hydrogen-bond acceptors (Lipinski definition) is 4. The van der Waals surface area contributed by atoms with Crippen molar-refractivity contribution in [1.29, 1.82) is 0 Å². The minimum atomic E-state index is -1.03. The van der Waals surface area contributed by atoms with E-state index < -0.39 is 10.8 Å². The number of nitrogens with two attached hydrogens (primary N) is 1. The van der Waals surface area contributed by atoms with E-state index in [2.05, 4.69) is 4.98 Å². The number of pyridine rings is 1. The molecule has 1 unspecified atom stereocenters. The first kappa shape index (κ1) is 12.3. The lowest BCUT2D eigenvalue weighted by molar-refractivity contribution is 0.684. The van der Waals surface area contributed by atoms with Crippen molar-refractivity contribution in [2.45, 2.75) is 9.96 Å². The topological polar surface area (TPSA) is 56.0 Å². The SMILES string of the molecule is Nc1ccc(CS(=O)c2cccs2)c2ncccc12. The molecule has 1 atom stereocenters. The molecule has 96 valence electrons. The average molecular weight is 288 g/mol. The van der Waals surface area contributed by atoms with E-state index in [9.17, 15) is 4.21 Å². The molecule has 19 heavy (non-hydrogen) atoms. The Morgan fingerprint density at radius 2 is 2.11 bits per heavy atom. The van der Waals surface area contributed by atoms with Gasteiger partial charge in [-0.1, -0.05) is 12.1 Å². The second-order valence-electron chi connectivity index (χ2n) is 4.14. The number of nitrogens with zero attached hydrogens (tertiary/aromatic N) is 1. The summed E-state index contributed by atoms with van der Waals surface area (Å²) in [6.07, 6.45) is 1.74. The van der Waals surface area contributed by atoms with Gasteiger partial charge in [0.05, 0.1) is 26.3 Å². The molecule has 0 bridgehead atoms. The molecule has 2 heterocycles. The van der Waals surface area contributed by atoms with Crippen molar-refractivity contribution >= 4 is 38.7 Å². The summed E-state index contributed by atoms with van der Waals surface area (Å²) in [5.41, 5.74) is 8.45. The van der Waals surface area contributed by atoms with Gasteiger partial charge in [0.2, 0.25) is 0 Å². The largest absolute Gasteiger partial charge is 0.398 e. The number of fused-ring (bicyclic) bond motifs is 1. The van der Waals surface area contributed by atoms with Gasteiger partial charge >= 0.3 is 0 Å². The van der Waals surface area contributed by atoms with Crippen molar-refractivity contribution in [3.63, 3.8) is 0 Å². The van der Waals surface area contributed by atoms with Crippen LogP contribution < -0.4 is 5.73 Å². The molecule has 3 nitrogen and oxygen atoms in total. The highest BCUT2D eigenvalue weighted by Crippen LogP contribution is 2.25. The second kappa shape index (κ2) is 5.11. The summed E-state index contributed by atoms with van der Waals surface area (Å²) in [4.78, 5) is 4.37. The van der Waals surface area contributed by atoms with Gasteiger partial charge in [-0.25, -0.2) is 0 Å². The number of aromatic nitrogens is 1. The Bertz CT molecular complexity index is 738. The highest BCUT2D eigenvalue weighted by Gasteiger charge is 2.10. The summed E-state index contributed by atoms with van der Waals surface area (Å²) in [6, 6.07) is 11.4. The van der Waals surface area contributed by atoms with E-state index in [0.717, 1.165) is 20.7 Å². The van der Waals surface area contributed by atoms with E-state index in [0.29, 0.717) is 11.4 Å². The molecule has 5 heteroatoms. The van der Waals surface area contributed by atoms with Gasteiger partial charge < -0.3 is 5.73 Å². The Hall–Kier alpha value is -1.72. The molecular formula is C14H12N2OS2. The van der Waals surface area contributed by atoms with Crippen LogP contribution in [0.3, 0.4) is 0 Å². The molecule has 2 N–H and O–H groups in total. The van der Waals surface area contributed by atoms with Crippen LogP contribution >= 0.6 is 11.3 Å². The van der Waals surface area contributed by atoms with E-state index in [1.54, 1.807) is 6.20 Å². The summed E-state index contributed by atoms with van der Waals surface area (Å²) >= 11 is 1.51. The van der Waals surface area contributed by atoms with Crippen molar-refractivity contribution in [2.75, 3.05) is 5.73 Å². The van der Waals surface area contributed by atoms with E-state index in [1.807, 2.05) is 41.8 Å². The summed E-state index contributed by atoms with van der Waals surface area (Å²) < 4.78 is 13.2. The number of rotatable bonds is 3. The summed E-state index contributed by atoms with van der Waals surface area (Å²) in [7, 11) is -1.03. The predicted octanol–water partition coefficient (Wildman–Crippen LogP) is 3.19. The molecule has 3 rings (SSSR count). The van der Waals surface area contributed by atoms with E-state index in [1.165, 1.54) is 11.3 Å². The fraction of sp³-hybridized carbons (Fsp3) is 0.0714. The third-order valence-electron chi connectivity index (χ3n) is 2.89. The zero-order valence-electron chi connectivity index (χ0n) is 10.1. The molecule has 0 aliphatic heterocycles. The molecule has 0 saturated heterocycles. The maximum absolute atomic E-state index is 12.3. The standard InChI is InChI=1S/C14H12N2OS2/c15-12-6-5-10(14-11(12)3-1-7-16-14)9-19(17)13-4-2-8-18-13/h1-8H,9,15H2. The number of hydrogen-bond donors (Lipinski definition) is 1. The molecule has 0 aliphatic rings. The molecule has 0 amide bonds. The van der Waals surface area contributed by atoms with Gasteiger partial charge in [0, 0.05) is 17.3 Å². The van der Waals surface area contributed by atoms with Crippen LogP contribution in [0.4, 0.5) is 5.69 Å². The summed E-state index contributed by atoms with van der Waals surface area (Å²) in [5, 5.41) is 2.86. The Morgan fingerprint density at radius 3 is 2.89 bits per heavy atom. The Balaban J connectivity index is 2.02. The number of anilines is 1. The maximum Gasteiger partial charge on any atom is 0.0913 e. The second-order valence-corrected chi connectivity index (χ2v) is 6.76. The highest BCUT2D eigenvalue weighted by atomic mass is 32.2. The van der Waals surface area contributed by atoms with Gasteiger partial charge in [0.1, 0.15) is 0 Å². The van der Waals surface area contributed by atoms with E-state index >= 15 is 0 Å². The van der Waals surface area contributed by atoms with Crippen LogP contribution in [-0.4, -0.2) is 9.19 Å². The van der Waals surface area contributed by atoms with Gasteiger partial charge in [0.15, 0.2) is 0 Å². The van der Waals surface area contributed by atoms with Crippen molar-refractivity contribution in [2.24, 2.45) is 0 Å². The average Bonchev–Trinajstić information content (AvgIpc) is 2.96. The lowest BCUT2D eigenvalue weighted by Crippen LogP contribution is -1.98. The zero-order valence-corrected chi connectivity index (χ0v) is 11.7. The van der Waals surface area contributed by atoms with Crippen LogP contribution in [0.5, 0.6) is 0 Å². The molecular weight excluding hydrogens is 276 g/mol. The van der Waals surface area contributed by atoms with E-state index in [-0.39, 0.29) is 0 Å². The minimum absolute atomic E-state index is 0.467. The smallest absolute Gasteiger partial charge is 0.0913 e. The third kappa shape index (κ3) is 2.39. The maximum atomic E-state index is 12.3. The fourth-order valence-corrected chi connectivity index (χ4v) is 4.08. The third-order valence-corrected chi connectivity index (χ3v) is 5.56. The van der Waals surface area contributed by atoms with Crippen LogP contribution in [0, 0.1) is 0 Å². The fourth-order valence-electron chi connectivity index (χ4n) is 1.98. The van der Waals surface area contributed by atoms with Crippen LogP contribution in [-0.2, 0) is 16.6 Å². The molecule has 3 aromatic rings. The minimum Gasteiger partial charge on any atom is -0.398 e. The van der Waals surface area contributed by atoms with Crippen LogP contribution in [0.25, 0.3) is 10.9 Å². The van der Waals surface area contributed by atoms with Crippen molar-refractivity contribution < 1.29 is 4.21 Å². The van der Waals surface area contributed by atoms with Crippen LogP contribution in [0.15, 0.2) is 52.2 Å². The molecule has 1 aromatic carbocycles. The van der Waals surface area contributed by atoms with Gasteiger partial charge in [0.25, 0.3) is 0 Å². The van der Waals surface area contributed by atoms with Gasteiger partial charge in [-0.3, -0.25) is 9.19 Å². The van der Waals surface area contributed by atoms with Crippen molar-refractivity contribution in [1.82, 2.24) is 4.98 Å². The Kier molecular flexibility index (Phi) is 3.31. The van der Waals surface area contributed by atoms with Crippen molar-refractivity contribution in [3.05, 3.63) is 53.5 Å². The lowest BCUT2D eigenvalue weighted by atomic mass is 10.1. The van der Waals surface area contributed by atoms with Gasteiger partial charge in [-0.15, -0.1) is 11.3 Å². The number of nitrogen functional groups attached to an aromatic ring is 1. The van der Waals surface area contributed by atoms with Crippen LogP contribution in [0.2, 0.25) is 0 Å². The normalized spacial score (nSPS) is 12.6. The molecule has 0 aliphatic carbocycles. The summed E-state index contributed by atoms with van der Waals surface area (Å²) in [6.45, 7) is 0. The molecule has 0 saturated carbocycles. The highest BCUT2D eigenvalue weighted by molar-refractivity contribution is 7.86. The summed E-state index contributed by atoms with van der Waals surface area (Å²) in [5.74, 6) is 0.467. The monoisotopic (exact) mass is 288 g/mol. The first-order valence-corrected chi connectivity index (χ1v) is 7.99. The molecule has 0 spiro atoms. The zero-order chi connectivity index (χ0) is 13.2. The quantitative estimate of drug-likeness (QED) is 0.753. The lowest BCUT2D eigenvalue weighted by Gasteiger charge is -2.07. The Labute approximate surface area is 117 Å². The van der Waals surface area contributed by atoms with Crippen molar-refractivity contribution in [3.8, 4) is 0 Å². The molecule has 0 fully saturated rings. The van der Waals surface area contributed by atoms with Gasteiger partial charge in [-0.2, -0.15) is 0 Å². The molecule has 2 aromatic heterocycles. The van der Waals surface area contributed by atoms with Crippen LogP contribution in [0.1, 0.15) is 5.56 Å². The molecule has 0 radical (unpaired) electrons. The number of benzene rings is 1. The van der Waals surface area contributed by atoms with E-state index in [4.69, 9.17) is 5.73 Å². The first-order chi connectivity index (χ1) is 9.25. The first-order valence-electron chi connectivity index (χ1n) is 5.79. The number of thiophene rings is 1. The Morgan fingerprint density at radius 1 is 1.21 bits per heavy atom. The predicted molar refractivity (Wildman–Crippen MR) is 80.6 cm³/mol. The van der Waals surface area contributed by atoms with Gasteiger partial charge in [-0.05, 0) is 35.2 Å².